The molecule has 6 rings (SSSR count). The van der Waals surface area contributed by atoms with Crippen LogP contribution in [0.25, 0.3) is 22.0 Å². The van der Waals surface area contributed by atoms with Gasteiger partial charge in [0.25, 0.3) is 5.91 Å². The van der Waals surface area contributed by atoms with Crippen LogP contribution in [0.15, 0.2) is 67.0 Å². The average molecular weight is 504 g/mol. The first-order valence-electron chi connectivity index (χ1n) is 13.1. The van der Waals surface area contributed by atoms with E-state index in [0.29, 0.717) is 22.7 Å². The molecule has 1 saturated heterocycles. The Bertz CT molecular complexity index is 1530. The summed E-state index contributed by atoms with van der Waals surface area (Å²) in [7, 11) is 0. The van der Waals surface area contributed by atoms with Gasteiger partial charge in [-0.1, -0.05) is 30.3 Å². The van der Waals surface area contributed by atoms with Crippen LogP contribution in [0.5, 0.6) is 0 Å². The molecule has 1 aliphatic heterocycles. The number of fused-ring (bicyclic) bond motifs is 1. The fraction of sp³-hybridized carbons (Fsp3) is 0.290. The first-order valence-corrected chi connectivity index (χ1v) is 13.1. The third-order valence-corrected chi connectivity index (χ3v) is 7.24. The van der Waals surface area contributed by atoms with Gasteiger partial charge in [0.05, 0.1) is 46.8 Å². The molecule has 2 atom stereocenters. The topological polar surface area (TPSA) is 91.1 Å². The van der Waals surface area contributed by atoms with E-state index in [1.54, 1.807) is 12.4 Å². The summed E-state index contributed by atoms with van der Waals surface area (Å²) < 4.78 is 5.83. The minimum Gasteiger partial charge on any atom is -0.372 e. The molecule has 2 aromatic carbocycles. The Morgan fingerprint density at radius 2 is 1.76 bits per heavy atom. The van der Waals surface area contributed by atoms with Crippen molar-refractivity contribution in [2.24, 2.45) is 0 Å². The molecule has 1 amide bonds. The van der Waals surface area contributed by atoms with Crippen molar-refractivity contribution in [3.8, 4) is 17.2 Å². The molecule has 1 N–H and O–H groups in total. The Hall–Kier alpha value is -4.28. The fourth-order valence-corrected chi connectivity index (χ4v) is 5.40. The normalized spacial score (nSPS) is 19.2. The third-order valence-electron chi connectivity index (χ3n) is 7.24. The van der Waals surface area contributed by atoms with E-state index in [1.165, 1.54) is 0 Å². The number of benzene rings is 2. The van der Waals surface area contributed by atoms with Gasteiger partial charge in [0.2, 0.25) is 0 Å². The van der Waals surface area contributed by atoms with Crippen molar-refractivity contribution in [1.82, 2.24) is 9.97 Å². The maximum absolute atomic E-state index is 13.5. The first kappa shape index (κ1) is 24.1. The molecule has 3 heterocycles. The number of aromatic nitrogens is 2. The average Bonchev–Trinajstić information content (AvgIpc) is 3.77. The van der Waals surface area contributed by atoms with Gasteiger partial charge in [0.1, 0.15) is 5.82 Å². The summed E-state index contributed by atoms with van der Waals surface area (Å²) in [5, 5.41) is 13.2. The summed E-state index contributed by atoms with van der Waals surface area (Å²) in [6, 6.07) is 19.7. The van der Waals surface area contributed by atoms with Crippen LogP contribution >= 0.6 is 0 Å². The molecule has 2 aromatic heterocycles. The summed E-state index contributed by atoms with van der Waals surface area (Å²) in [5.41, 5.74) is 5.80. The molecular weight excluding hydrogens is 474 g/mol. The molecule has 190 valence electrons. The molecule has 2 unspecified atom stereocenters. The predicted molar refractivity (Wildman–Crippen MR) is 148 cm³/mol. The second kappa shape index (κ2) is 9.88. The van der Waals surface area contributed by atoms with Gasteiger partial charge in [-0.25, -0.2) is 4.98 Å². The van der Waals surface area contributed by atoms with E-state index in [2.05, 4.69) is 41.2 Å². The maximum Gasteiger partial charge on any atom is 0.257 e. The highest BCUT2D eigenvalue weighted by atomic mass is 16.5. The molecule has 1 aliphatic carbocycles. The lowest BCUT2D eigenvalue weighted by Gasteiger charge is -2.36. The molecule has 0 radical (unpaired) electrons. The predicted octanol–water partition coefficient (Wildman–Crippen LogP) is 5.91. The van der Waals surface area contributed by atoms with Crippen LogP contribution in [0.3, 0.4) is 0 Å². The van der Waals surface area contributed by atoms with E-state index in [0.717, 1.165) is 59.3 Å². The number of carbonyl (C=O) groups is 1. The minimum atomic E-state index is -0.173. The molecule has 0 bridgehead atoms. The molecule has 2 aliphatic rings. The van der Waals surface area contributed by atoms with Crippen LogP contribution in [-0.2, 0) is 4.74 Å². The van der Waals surface area contributed by atoms with E-state index in [4.69, 9.17) is 15.0 Å². The van der Waals surface area contributed by atoms with Gasteiger partial charge in [0, 0.05) is 30.2 Å². The number of pyridine rings is 2. The second-order valence-electron chi connectivity index (χ2n) is 10.3. The van der Waals surface area contributed by atoms with Gasteiger partial charge in [-0.15, -0.1) is 0 Å². The molecule has 0 spiro atoms. The van der Waals surface area contributed by atoms with Gasteiger partial charge >= 0.3 is 0 Å². The summed E-state index contributed by atoms with van der Waals surface area (Å²) in [5.74, 6) is 1.06. The van der Waals surface area contributed by atoms with Gasteiger partial charge in [-0.2, -0.15) is 5.26 Å². The number of nitrogens with one attached hydrogen (secondary N) is 1. The fourth-order valence-electron chi connectivity index (χ4n) is 5.40. The van der Waals surface area contributed by atoms with Crippen LogP contribution in [0, 0.1) is 11.3 Å². The number of hydrogen-bond acceptors (Lipinski definition) is 6. The Kier molecular flexibility index (Phi) is 6.26. The molecule has 2 fully saturated rings. The van der Waals surface area contributed by atoms with E-state index in [9.17, 15) is 4.79 Å². The van der Waals surface area contributed by atoms with E-state index in [1.807, 2.05) is 48.5 Å². The largest absolute Gasteiger partial charge is 0.372 e. The van der Waals surface area contributed by atoms with Crippen molar-refractivity contribution < 1.29 is 9.53 Å². The van der Waals surface area contributed by atoms with Gasteiger partial charge in [-0.3, -0.25) is 9.78 Å². The maximum atomic E-state index is 13.5. The van der Waals surface area contributed by atoms with Crippen LogP contribution in [0.4, 0.5) is 11.5 Å². The highest BCUT2D eigenvalue weighted by Crippen LogP contribution is 2.45. The Labute approximate surface area is 222 Å². The smallest absolute Gasteiger partial charge is 0.257 e. The summed E-state index contributed by atoms with van der Waals surface area (Å²) in [4.78, 5) is 25.1. The van der Waals surface area contributed by atoms with E-state index < -0.39 is 0 Å². The molecule has 4 aromatic rings. The number of ether oxygens (including phenoxy) is 1. The molecule has 1 saturated carbocycles. The first-order chi connectivity index (χ1) is 18.5. The van der Waals surface area contributed by atoms with E-state index in [-0.39, 0.29) is 18.1 Å². The third kappa shape index (κ3) is 4.71. The van der Waals surface area contributed by atoms with Crippen molar-refractivity contribution in [3.63, 3.8) is 0 Å². The number of carbonyl (C=O) groups excluding carboxylic acids is 1. The van der Waals surface area contributed by atoms with Crippen LogP contribution in [0.2, 0.25) is 0 Å². The zero-order chi connectivity index (χ0) is 26.2. The van der Waals surface area contributed by atoms with Crippen molar-refractivity contribution in [1.29, 1.82) is 5.26 Å². The standard InChI is InChI=1S/C31H29N5O2/c1-19-17-36(18-20(2)38-19)28-13-12-24(15-33-28)35-31(37)27-16-34-30-25(22-8-6-21(14-32)7-9-22)4-3-5-26(30)29(27)23-10-11-23/h3-9,12-13,15-16,19-20,23H,10-11,17-18H2,1-2H3,(H,35,37). The quantitative estimate of drug-likeness (QED) is 0.364. The number of nitrogens with zero attached hydrogens (tertiary/aromatic N) is 4. The number of amides is 1. The number of rotatable bonds is 5. The Balaban J connectivity index is 1.29. The van der Waals surface area contributed by atoms with Crippen molar-refractivity contribution in [3.05, 3.63) is 83.7 Å². The van der Waals surface area contributed by atoms with Crippen LogP contribution in [-0.4, -0.2) is 41.2 Å². The minimum absolute atomic E-state index is 0.151. The highest BCUT2D eigenvalue weighted by Gasteiger charge is 2.31. The Morgan fingerprint density at radius 1 is 1.00 bits per heavy atom. The Morgan fingerprint density at radius 3 is 2.42 bits per heavy atom. The number of hydrogen-bond donors (Lipinski definition) is 1. The highest BCUT2D eigenvalue weighted by molar-refractivity contribution is 6.09. The lowest BCUT2D eigenvalue weighted by molar-refractivity contribution is -0.00545. The number of morpholine rings is 1. The number of anilines is 2. The van der Waals surface area contributed by atoms with Gasteiger partial charge in [0.15, 0.2) is 0 Å². The van der Waals surface area contributed by atoms with Crippen molar-refractivity contribution in [2.75, 3.05) is 23.3 Å². The second-order valence-corrected chi connectivity index (χ2v) is 10.3. The molecule has 38 heavy (non-hydrogen) atoms. The summed E-state index contributed by atoms with van der Waals surface area (Å²) >= 11 is 0. The number of para-hydroxylation sites is 1. The zero-order valence-electron chi connectivity index (χ0n) is 21.5. The van der Waals surface area contributed by atoms with Crippen LogP contribution in [0.1, 0.15) is 54.1 Å². The monoisotopic (exact) mass is 503 g/mol. The SMILES string of the molecule is CC1CN(c2ccc(NC(=O)c3cnc4c(-c5ccc(C#N)cc5)cccc4c3C3CC3)cn2)CC(C)O1. The summed E-state index contributed by atoms with van der Waals surface area (Å²) in [6.45, 7) is 5.72. The molecular formula is C31H29N5O2. The van der Waals surface area contributed by atoms with Gasteiger partial charge < -0.3 is 15.0 Å². The summed E-state index contributed by atoms with van der Waals surface area (Å²) in [6.07, 6.45) is 5.85. The van der Waals surface area contributed by atoms with Crippen molar-refractivity contribution >= 4 is 28.3 Å². The number of nitriles is 1. The molecule has 7 heteroatoms. The lowest BCUT2D eigenvalue weighted by Crippen LogP contribution is -2.45. The van der Waals surface area contributed by atoms with Crippen LogP contribution < -0.4 is 10.2 Å². The molecule has 7 nitrogen and oxygen atoms in total. The van der Waals surface area contributed by atoms with Crippen molar-refractivity contribution in [2.45, 2.75) is 44.8 Å². The van der Waals surface area contributed by atoms with E-state index >= 15 is 0 Å². The zero-order valence-corrected chi connectivity index (χ0v) is 21.5. The lowest BCUT2D eigenvalue weighted by atomic mass is 9.94. The van der Waals surface area contributed by atoms with Gasteiger partial charge in [-0.05, 0) is 68.0 Å².